The predicted molar refractivity (Wildman–Crippen MR) is 89.0 cm³/mol. The zero-order chi connectivity index (χ0) is 14.0. The number of nitrogens with one attached hydrogen (secondary N) is 1. The van der Waals surface area contributed by atoms with Crippen LogP contribution in [0.15, 0.2) is 28.1 Å². The van der Waals surface area contributed by atoms with Gasteiger partial charge in [-0.1, -0.05) is 40.9 Å². The normalized spacial score (nSPS) is 12.7. The molecule has 0 saturated carbocycles. The molecule has 1 aromatic heterocycles. The van der Waals surface area contributed by atoms with Crippen LogP contribution in [0, 0.1) is 0 Å². The Morgan fingerprint density at radius 3 is 2.42 bits per heavy atom. The molecule has 0 radical (unpaired) electrons. The van der Waals surface area contributed by atoms with E-state index in [-0.39, 0.29) is 6.04 Å². The summed E-state index contributed by atoms with van der Waals surface area (Å²) in [4.78, 5) is 1.19. The Morgan fingerprint density at radius 1 is 1.16 bits per heavy atom. The maximum atomic E-state index is 6.08. The van der Waals surface area contributed by atoms with Gasteiger partial charge >= 0.3 is 0 Å². The molecule has 6 heteroatoms. The second kappa shape index (κ2) is 6.79. The van der Waals surface area contributed by atoms with E-state index in [2.05, 4.69) is 21.2 Å². The first-order valence-electron chi connectivity index (χ1n) is 5.57. The molecule has 0 aliphatic rings. The van der Waals surface area contributed by atoms with E-state index in [0.29, 0.717) is 10.0 Å². The molecule has 1 aromatic carbocycles. The largest absolute Gasteiger partial charge is 0.312 e. The van der Waals surface area contributed by atoms with Gasteiger partial charge in [-0.2, -0.15) is 0 Å². The van der Waals surface area contributed by atoms with E-state index in [1.807, 2.05) is 31.3 Å². The highest BCUT2D eigenvalue weighted by Gasteiger charge is 2.15. The van der Waals surface area contributed by atoms with Gasteiger partial charge < -0.3 is 5.32 Å². The molecule has 0 amide bonds. The Kier molecular flexibility index (Phi) is 5.58. The molecule has 1 nitrogen and oxygen atoms in total. The third kappa shape index (κ3) is 3.87. The fraction of sp³-hybridized carbons (Fsp3) is 0.231. The average molecular weight is 400 g/mol. The Bertz CT molecular complexity index is 566. The van der Waals surface area contributed by atoms with Crippen LogP contribution in [0.1, 0.15) is 16.5 Å². The lowest BCUT2D eigenvalue weighted by molar-refractivity contribution is 0.602. The SMILES string of the molecule is CNC(Cc1ccc(Cl)c(Cl)c1)c1cc(Cl)c(Br)s1. The van der Waals surface area contributed by atoms with Crippen molar-refractivity contribution < 1.29 is 0 Å². The van der Waals surface area contributed by atoms with Gasteiger partial charge in [0.1, 0.15) is 0 Å². The highest BCUT2D eigenvalue weighted by molar-refractivity contribution is 9.11. The first-order valence-corrected chi connectivity index (χ1v) is 8.31. The molecule has 0 saturated heterocycles. The molecule has 1 N–H and O–H groups in total. The van der Waals surface area contributed by atoms with Gasteiger partial charge in [-0.25, -0.2) is 0 Å². The molecule has 102 valence electrons. The zero-order valence-electron chi connectivity index (χ0n) is 10.0. The van der Waals surface area contributed by atoms with E-state index >= 15 is 0 Å². The zero-order valence-corrected chi connectivity index (χ0v) is 14.7. The first kappa shape index (κ1) is 15.6. The van der Waals surface area contributed by atoms with Gasteiger partial charge in [0.15, 0.2) is 0 Å². The van der Waals surface area contributed by atoms with Crippen LogP contribution in [0.3, 0.4) is 0 Å². The molecule has 0 aliphatic carbocycles. The van der Waals surface area contributed by atoms with Gasteiger partial charge in [0.25, 0.3) is 0 Å². The molecular weight excluding hydrogens is 388 g/mol. The maximum Gasteiger partial charge on any atom is 0.0887 e. The van der Waals surface area contributed by atoms with E-state index in [1.165, 1.54) is 4.88 Å². The monoisotopic (exact) mass is 397 g/mol. The minimum Gasteiger partial charge on any atom is -0.312 e. The van der Waals surface area contributed by atoms with Crippen molar-refractivity contribution in [3.8, 4) is 0 Å². The highest BCUT2D eigenvalue weighted by atomic mass is 79.9. The van der Waals surface area contributed by atoms with Gasteiger partial charge in [0.2, 0.25) is 0 Å². The van der Waals surface area contributed by atoms with E-state index in [9.17, 15) is 0 Å². The van der Waals surface area contributed by atoms with E-state index in [0.717, 1.165) is 20.8 Å². The van der Waals surface area contributed by atoms with E-state index in [4.69, 9.17) is 34.8 Å². The van der Waals surface area contributed by atoms with Crippen molar-refractivity contribution in [3.63, 3.8) is 0 Å². The fourth-order valence-corrected chi connectivity index (χ4v) is 3.96. The quantitative estimate of drug-likeness (QED) is 0.667. The number of benzene rings is 1. The molecule has 2 rings (SSSR count). The Labute approximate surface area is 140 Å². The topological polar surface area (TPSA) is 12.0 Å². The van der Waals surface area contributed by atoms with Crippen LogP contribution < -0.4 is 5.32 Å². The minimum absolute atomic E-state index is 0.200. The lowest BCUT2D eigenvalue weighted by Crippen LogP contribution is -2.17. The smallest absolute Gasteiger partial charge is 0.0887 e. The maximum absolute atomic E-state index is 6.08. The van der Waals surface area contributed by atoms with Crippen molar-refractivity contribution in [2.24, 2.45) is 0 Å². The summed E-state index contributed by atoms with van der Waals surface area (Å²) in [5.41, 5.74) is 1.13. The van der Waals surface area contributed by atoms with Crippen LogP contribution in [0.4, 0.5) is 0 Å². The van der Waals surface area contributed by atoms with Crippen LogP contribution in [-0.4, -0.2) is 7.05 Å². The third-order valence-corrected chi connectivity index (χ3v) is 6.11. The van der Waals surface area contributed by atoms with E-state index < -0.39 is 0 Å². The molecule has 2 aromatic rings. The number of halogens is 4. The average Bonchev–Trinajstić information content (AvgIpc) is 2.71. The summed E-state index contributed by atoms with van der Waals surface area (Å²) in [5.74, 6) is 0. The molecule has 0 aliphatic heterocycles. The van der Waals surface area contributed by atoms with Crippen LogP contribution in [-0.2, 0) is 6.42 Å². The molecule has 19 heavy (non-hydrogen) atoms. The number of thiophene rings is 1. The second-order valence-electron chi connectivity index (χ2n) is 4.06. The molecule has 1 atom stereocenters. The van der Waals surface area contributed by atoms with Crippen LogP contribution >= 0.6 is 62.1 Å². The third-order valence-electron chi connectivity index (χ3n) is 2.78. The van der Waals surface area contributed by atoms with Crippen molar-refractivity contribution in [2.75, 3.05) is 7.05 Å². The van der Waals surface area contributed by atoms with Gasteiger partial charge in [-0.15, -0.1) is 11.3 Å². The van der Waals surface area contributed by atoms with Crippen LogP contribution in [0.25, 0.3) is 0 Å². The standard InChI is InChI=1S/C13H11BrCl3NS/c1-18-11(12-6-10(17)13(14)19-12)5-7-2-3-8(15)9(16)4-7/h2-4,6,11,18H,5H2,1H3. The molecule has 0 fully saturated rings. The minimum atomic E-state index is 0.200. The fourth-order valence-electron chi connectivity index (χ4n) is 1.78. The summed E-state index contributed by atoms with van der Waals surface area (Å²) in [6, 6.07) is 7.89. The Morgan fingerprint density at radius 2 is 1.89 bits per heavy atom. The Hall–Kier alpha value is 0.230. The number of hydrogen-bond donors (Lipinski definition) is 1. The molecular formula is C13H11BrCl3NS. The lowest BCUT2D eigenvalue weighted by Gasteiger charge is -2.14. The number of likely N-dealkylation sites (N-methyl/N-ethyl adjacent to an activating group) is 1. The molecule has 0 spiro atoms. The van der Waals surface area contributed by atoms with Crippen molar-refractivity contribution in [1.82, 2.24) is 5.32 Å². The summed E-state index contributed by atoms with van der Waals surface area (Å²) in [6.07, 6.45) is 0.830. The van der Waals surface area contributed by atoms with Gasteiger partial charge in [-0.05, 0) is 53.2 Å². The summed E-state index contributed by atoms with van der Waals surface area (Å²) in [6.45, 7) is 0. The molecule has 1 heterocycles. The van der Waals surface area contributed by atoms with Gasteiger partial charge in [0.05, 0.1) is 18.9 Å². The van der Waals surface area contributed by atoms with Gasteiger partial charge in [-0.3, -0.25) is 0 Å². The van der Waals surface area contributed by atoms with Crippen molar-refractivity contribution in [2.45, 2.75) is 12.5 Å². The van der Waals surface area contributed by atoms with Crippen LogP contribution in [0.5, 0.6) is 0 Å². The van der Waals surface area contributed by atoms with E-state index in [1.54, 1.807) is 11.3 Å². The number of hydrogen-bond acceptors (Lipinski definition) is 2. The summed E-state index contributed by atoms with van der Waals surface area (Å²) in [5, 5.41) is 5.20. The van der Waals surface area contributed by atoms with Crippen molar-refractivity contribution in [3.05, 3.63) is 53.6 Å². The predicted octanol–water partition coefficient (Wildman–Crippen LogP) is 5.97. The molecule has 0 bridgehead atoms. The lowest BCUT2D eigenvalue weighted by atomic mass is 10.0. The van der Waals surface area contributed by atoms with Gasteiger partial charge in [0, 0.05) is 10.9 Å². The van der Waals surface area contributed by atoms with Crippen molar-refractivity contribution >= 4 is 62.1 Å². The summed E-state index contributed by atoms with van der Waals surface area (Å²) in [7, 11) is 1.93. The van der Waals surface area contributed by atoms with Crippen LogP contribution in [0.2, 0.25) is 15.1 Å². The second-order valence-corrected chi connectivity index (χ2v) is 7.69. The summed E-state index contributed by atoms with van der Waals surface area (Å²) >= 11 is 23.1. The van der Waals surface area contributed by atoms with Crippen molar-refractivity contribution in [1.29, 1.82) is 0 Å². The summed E-state index contributed by atoms with van der Waals surface area (Å²) < 4.78 is 0.957. The molecule has 1 unspecified atom stereocenters. The number of rotatable bonds is 4. The Balaban J connectivity index is 2.21. The first-order chi connectivity index (χ1) is 9.01. The highest BCUT2D eigenvalue weighted by Crippen LogP contribution is 2.36.